The van der Waals surface area contributed by atoms with E-state index in [1.807, 2.05) is 54.6 Å². The van der Waals surface area contributed by atoms with Crippen molar-refractivity contribution >= 4 is 11.0 Å². The lowest BCUT2D eigenvalue weighted by Crippen LogP contribution is -2.24. The first-order valence-corrected chi connectivity index (χ1v) is 7.57. The molecule has 0 radical (unpaired) electrons. The van der Waals surface area contributed by atoms with Gasteiger partial charge < -0.3 is 4.57 Å². The van der Waals surface area contributed by atoms with Crippen molar-refractivity contribution in [1.82, 2.24) is 9.55 Å². The standard InChI is InChI=1S/C19H17N3O/c1-22-18-10-6-5-9-16(18)21-17(19(22)23)13-15(11-12-20)14-7-3-2-4-8-14/h2-10,15H,11,13H2,1H3. The minimum absolute atomic E-state index is 0.0254. The van der Waals surface area contributed by atoms with Crippen molar-refractivity contribution in [3.63, 3.8) is 0 Å². The number of fused-ring (bicyclic) bond motifs is 1. The Kier molecular flexibility index (Phi) is 4.20. The first-order chi connectivity index (χ1) is 11.2. The number of para-hydroxylation sites is 2. The zero-order chi connectivity index (χ0) is 16.2. The Bertz CT molecular complexity index is 923. The molecule has 0 bridgehead atoms. The van der Waals surface area contributed by atoms with Crippen molar-refractivity contribution in [2.75, 3.05) is 0 Å². The second-order valence-electron chi connectivity index (χ2n) is 5.59. The number of rotatable bonds is 4. The third-order valence-corrected chi connectivity index (χ3v) is 4.10. The summed E-state index contributed by atoms with van der Waals surface area (Å²) < 4.78 is 1.63. The van der Waals surface area contributed by atoms with E-state index in [0.29, 0.717) is 18.5 Å². The smallest absolute Gasteiger partial charge is 0.272 e. The molecule has 23 heavy (non-hydrogen) atoms. The van der Waals surface area contributed by atoms with Crippen molar-refractivity contribution in [3.8, 4) is 6.07 Å². The van der Waals surface area contributed by atoms with Crippen molar-refractivity contribution < 1.29 is 0 Å². The quantitative estimate of drug-likeness (QED) is 0.744. The number of aromatic nitrogens is 2. The predicted octanol–water partition coefficient (Wildman–Crippen LogP) is 3.17. The number of benzene rings is 2. The summed E-state index contributed by atoms with van der Waals surface area (Å²) in [5.41, 5.74) is 3.09. The molecule has 1 aromatic heterocycles. The molecular weight excluding hydrogens is 286 g/mol. The number of aryl methyl sites for hydroxylation is 1. The number of nitriles is 1. The summed E-state index contributed by atoms with van der Waals surface area (Å²) in [5.74, 6) is -0.0254. The van der Waals surface area contributed by atoms with E-state index in [0.717, 1.165) is 16.6 Å². The highest BCUT2D eigenvalue weighted by molar-refractivity contribution is 5.74. The van der Waals surface area contributed by atoms with Gasteiger partial charge in [0.1, 0.15) is 5.69 Å². The number of nitrogens with zero attached hydrogens (tertiary/aromatic N) is 3. The number of hydrogen-bond acceptors (Lipinski definition) is 3. The van der Waals surface area contributed by atoms with Crippen LogP contribution in [0.2, 0.25) is 0 Å². The van der Waals surface area contributed by atoms with Gasteiger partial charge in [0, 0.05) is 25.8 Å². The average Bonchev–Trinajstić information content (AvgIpc) is 2.60. The fourth-order valence-corrected chi connectivity index (χ4v) is 2.85. The average molecular weight is 303 g/mol. The summed E-state index contributed by atoms with van der Waals surface area (Å²) in [5, 5.41) is 9.12. The van der Waals surface area contributed by atoms with E-state index < -0.39 is 0 Å². The minimum atomic E-state index is -0.0948. The van der Waals surface area contributed by atoms with Crippen LogP contribution in [-0.2, 0) is 13.5 Å². The molecule has 0 N–H and O–H groups in total. The van der Waals surface area contributed by atoms with Gasteiger partial charge >= 0.3 is 0 Å². The van der Waals surface area contributed by atoms with Crippen LogP contribution in [0.3, 0.4) is 0 Å². The maximum Gasteiger partial charge on any atom is 0.272 e. The normalized spacial score (nSPS) is 12.0. The lowest BCUT2D eigenvalue weighted by Gasteiger charge is -2.14. The number of hydrogen-bond donors (Lipinski definition) is 0. The molecule has 3 rings (SSSR count). The van der Waals surface area contributed by atoms with E-state index >= 15 is 0 Å². The monoisotopic (exact) mass is 303 g/mol. The molecule has 0 fully saturated rings. The van der Waals surface area contributed by atoms with E-state index in [2.05, 4.69) is 11.1 Å². The molecule has 4 heteroatoms. The molecule has 114 valence electrons. The highest BCUT2D eigenvalue weighted by Crippen LogP contribution is 2.23. The summed E-state index contributed by atoms with van der Waals surface area (Å²) in [6, 6.07) is 19.6. The topological polar surface area (TPSA) is 58.7 Å². The van der Waals surface area contributed by atoms with Gasteiger partial charge in [-0.15, -0.1) is 0 Å². The van der Waals surface area contributed by atoms with Gasteiger partial charge in [-0.2, -0.15) is 5.26 Å². The van der Waals surface area contributed by atoms with Crippen LogP contribution in [0.15, 0.2) is 59.4 Å². The molecule has 0 saturated carbocycles. The van der Waals surface area contributed by atoms with Crippen LogP contribution in [0.5, 0.6) is 0 Å². The van der Waals surface area contributed by atoms with Crippen molar-refractivity contribution in [3.05, 3.63) is 76.2 Å². The van der Waals surface area contributed by atoms with Gasteiger partial charge in [-0.05, 0) is 17.7 Å². The maximum atomic E-state index is 12.6. The van der Waals surface area contributed by atoms with Crippen LogP contribution < -0.4 is 5.56 Å². The Hall–Kier alpha value is -2.93. The minimum Gasteiger partial charge on any atom is -0.308 e. The molecule has 1 heterocycles. The molecule has 0 aliphatic heterocycles. The van der Waals surface area contributed by atoms with Gasteiger partial charge in [0.15, 0.2) is 0 Å². The van der Waals surface area contributed by atoms with Crippen LogP contribution in [0.25, 0.3) is 11.0 Å². The molecule has 0 aliphatic carbocycles. The predicted molar refractivity (Wildman–Crippen MR) is 90.1 cm³/mol. The third kappa shape index (κ3) is 3.00. The second-order valence-corrected chi connectivity index (χ2v) is 5.59. The highest BCUT2D eigenvalue weighted by atomic mass is 16.1. The molecule has 0 spiro atoms. The molecule has 1 unspecified atom stereocenters. The molecule has 0 saturated heterocycles. The van der Waals surface area contributed by atoms with Crippen molar-refractivity contribution in [2.45, 2.75) is 18.8 Å². The lowest BCUT2D eigenvalue weighted by atomic mass is 9.92. The van der Waals surface area contributed by atoms with Crippen LogP contribution in [0, 0.1) is 11.3 Å². The summed E-state index contributed by atoms with van der Waals surface area (Å²) in [7, 11) is 1.76. The van der Waals surface area contributed by atoms with Gasteiger partial charge in [0.05, 0.1) is 17.1 Å². The lowest BCUT2D eigenvalue weighted by molar-refractivity contribution is 0.675. The first kappa shape index (κ1) is 15.0. The zero-order valence-electron chi connectivity index (χ0n) is 12.9. The second kappa shape index (κ2) is 6.45. The highest BCUT2D eigenvalue weighted by Gasteiger charge is 2.17. The maximum absolute atomic E-state index is 12.6. The fourth-order valence-electron chi connectivity index (χ4n) is 2.85. The van der Waals surface area contributed by atoms with Gasteiger partial charge in [0.2, 0.25) is 0 Å². The van der Waals surface area contributed by atoms with Crippen molar-refractivity contribution in [1.29, 1.82) is 5.26 Å². The van der Waals surface area contributed by atoms with Gasteiger partial charge in [-0.3, -0.25) is 4.79 Å². The van der Waals surface area contributed by atoms with E-state index in [4.69, 9.17) is 5.26 Å². The van der Waals surface area contributed by atoms with Crippen LogP contribution in [0.1, 0.15) is 23.6 Å². The molecule has 1 atom stereocenters. The zero-order valence-corrected chi connectivity index (χ0v) is 12.9. The summed E-state index contributed by atoms with van der Waals surface area (Å²) in [6.07, 6.45) is 0.830. The fraction of sp³-hybridized carbons (Fsp3) is 0.211. The molecule has 4 nitrogen and oxygen atoms in total. The Balaban J connectivity index is 2.04. The summed E-state index contributed by atoms with van der Waals surface area (Å²) in [4.78, 5) is 17.1. The van der Waals surface area contributed by atoms with Gasteiger partial charge in [0.25, 0.3) is 5.56 Å². The molecular formula is C19H17N3O. The largest absolute Gasteiger partial charge is 0.308 e. The molecule has 2 aromatic carbocycles. The molecule has 0 aliphatic rings. The van der Waals surface area contributed by atoms with Crippen molar-refractivity contribution in [2.24, 2.45) is 7.05 Å². The molecule has 0 amide bonds. The van der Waals surface area contributed by atoms with Gasteiger partial charge in [-0.1, -0.05) is 42.5 Å². The molecule has 3 aromatic rings. The Labute approximate surface area is 134 Å². The van der Waals surface area contributed by atoms with Crippen LogP contribution in [0.4, 0.5) is 0 Å². The Morgan fingerprint density at radius 1 is 1.13 bits per heavy atom. The SMILES string of the molecule is Cn1c(=O)c(CC(CC#N)c2ccccc2)nc2ccccc21. The van der Waals surface area contributed by atoms with E-state index in [1.165, 1.54) is 0 Å². The first-order valence-electron chi connectivity index (χ1n) is 7.57. The van der Waals surface area contributed by atoms with E-state index in [9.17, 15) is 4.79 Å². The third-order valence-electron chi connectivity index (χ3n) is 4.10. The Morgan fingerprint density at radius 2 is 1.83 bits per heavy atom. The van der Waals surface area contributed by atoms with E-state index in [1.54, 1.807) is 11.6 Å². The van der Waals surface area contributed by atoms with E-state index in [-0.39, 0.29) is 11.5 Å². The van der Waals surface area contributed by atoms with Gasteiger partial charge in [-0.25, -0.2) is 4.98 Å². The van der Waals surface area contributed by atoms with Crippen LogP contribution in [-0.4, -0.2) is 9.55 Å². The Morgan fingerprint density at radius 3 is 2.57 bits per heavy atom. The summed E-state index contributed by atoms with van der Waals surface area (Å²) >= 11 is 0. The van der Waals surface area contributed by atoms with Crippen LogP contribution >= 0.6 is 0 Å². The summed E-state index contributed by atoms with van der Waals surface area (Å²) in [6.45, 7) is 0.